The third kappa shape index (κ3) is 8.80. The van der Waals surface area contributed by atoms with Crippen molar-refractivity contribution in [2.45, 2.75) is 20.0 Å². The van der Waals surface area contributed by atoms with Crippen molar-refractivity contribution in [3.05, 3.63) is 35.5 Å². The van der Waals surface area contributed by atoms with E-state index in [4.69, 9.17) is 17.3 Å². The van der Waals surface area contributed by atoms with E-state index < -0.39 is 17.6 Å². The second-order valence-electron chi connectivity index (χ2n) is 4.00. The number of hydrogen-bond acceptors (Lipinski definition) is 3. The van der Waals surface area contributed by atoms with Crippen LogP contribution in [0, 0.1) is 12.8 Å². The average Bonchev–Trinajstić information content (AvgIpc) is 2.31. The van der Waals surface area contributed by atoms with E-state index >= 15 is 0 Å². The van der Waals surface area contributed by atoms with Crippen LogP contribution in [-0.2, 0) is 28.0 Å². The third-order valence-corrected chi connectivity index (χ3v) is 2.27. The molecule has 1 aromatic heterocycles. The number of aromatic nitrogens is 1. The molecule has 1 rings (SSSR count). The van der Waals surface area contributed by atoms with Crippen LogP contribution in [0.15, 0.2) is 12.3 Å². The maximum atomic E-state index is 12.2. The molecule has 0 bridgehead atoms. The van der Waals surface area contributed by atoms with Crippen molar-refractivity contribution in [2.24, 2.45) is 5.92 Å². The van der Waals surface area contributed by atoms with Crippen LogP contribution in [0.5, 0.6) is 0 Å². The van der Waals surface area contributed by atoms with E-state index in [2.05, 4.69) is 17.2 Å². The largest absolute Gasteiger partial charge is 2.00 e. The molecular weight excluding hydrogens is 350 g/mol. The van der Waals surface area contributed by atoms with Crippen LogP contribution >= 0.6 is 11.6 Å². The summed E-state index contributed by atoms with van der Waals surface area (Å²) in [5.41, 5.74) is 5.53. The van der Waals surface area contributed by atoms with Crippen molar-refractivity contribution in [3.63, 3.8) is 0 Å². The molecule has 1 aromatic rings. The standard InChI is InChI=1S/C8H7ClF3N2.C4H9NO.Fe/c1-2-13-7-6(9)3-5(4-14-7)8(10,11)12;1-3(2)4(5)6;/h3-4H,1-2H2,(H,13,14);3H,1-2H3,(H2,5,6);/q-1;;+2/p-1. The Balaban J connectivity index is 0. The van der Waals surface area contributed by atoms with Crippen molar-refractivity contribution >= 4 is 23.3 Å². The van der Waals surface area contributed by atoms with Crippen molar-refractivity contribution in [1.82, 2.24) is 4.98 Å². The van der Waals surface area contributed by atoms with Gasteiger partial charge in [-0.3, -0.25) is 0 Å². The molecule has 0 fully saturated rings. The molecule has 0 saturated heterocycles. The summed E-state index contributed by atoms with van der Waals surface area (Å²) in [6.45, 7) is 7.17. The number of hydrogen-bond donors (Lipinski definition) is 1. The molecule has 0 saturated carbocycles. The fourth-order valence-corrected chi connectivity index (χ4v) is 1.07. The number of anilines is 1. The van der Waals surface area contributed by atoms with Crippen LogP contribution < -0.4 is 5.32 Å². The first kappa shape index (κ1) is 22.3. The first-order valence-corrected chi connectivity index (χ1v) is 5.98. The molecule has 0 aliphatic carbocycles. The molecule has 21 heavy (non-hydrogen) atoms. The Morgan fingerprint density at radius 3 is 2.29 bits per heavy atom. The number of halogens is 4. The Labute approximate surface area is 137 Å². The number of rotatable bonds is 3. The zero-order valence-corrected chi connectivity index (χ0v) is 13.2. The predicted octanol–water partition coefficient (Wildman–Crippen LogP) is 4.22. The zero-order valence-electron chi connectivity index (χ0n) is 11.4. The van der Waals surface area contributed by atoms with Gasteiger partial charge in [0, 0.05) is 6.20 Å². The molecule has 4 nitrogen and oxygen atoms in total. The van der Waals surface area contributed by atoms with Gasteiger partial charge in [-0.1, -0.05) is 25.4 Å². The Morgan fingerprint density at radius 1 is 1.52 bits per heavy atom. The fourth-order valence-electron chi connectivity index (χ4n) is 0.841. The topological polar surface area (TPSA) is 65.8 Å². The van der Waals surface area contributed by atoms with E-state index in [1.165, 1.54) is 0 Å². The van der Waals surface area contributed by atoms with Gasteiger partial charge in [0.05, 0.1) is 16.5 Å². The number of alkyl halides is 3. The van der Waals surface area contributed by atoms with Crippen LogP contribution in [-0.4, -0.2) is 17.4 Å². The molecule has 1 amide bonds. The zero-order chi connectivity index (χ0) is 15.9. The van der Waals surface area contributed by atoms with E-state index in [1.54, 1.807) is 13.8 Å². The maximum Gasteiger partial charge on any atom is 2.00 e. The van der Waals surface area contributed by atoms with Gasteiger partial charge in [-0.25, -0.2) is 4.98 Å². The Hall–Kier alpha value is -0.981. The van der Waals surface area contributed by atoms with Gasteiger partial charge in [0.15, 0.2) is 0 Å². The van der Waals surface area contributed by atoms with Gasteiger partial charge in [-0.15, -0.1) is 6.54 Å². The molecule has 0 spiro atoms. The van der Waals surface area contributed by atoms with Gasteiger partial charge < -0.3 is 22.8 Å². The minimum absolute atomic E-state index is 0. The summed E-state index contributed by atoms with van der Waals surface area (Å²) in [6.07, 6.45) is -3.69. The van der Waals surface area contributed by atoms with Gasteiger partial charge in [0.1, 0.15) is 5.82 Å². The van der Waals surface area contributed by atoms with E-state index in [0.29, 0.717) is 6.54 Å². The molecule has 0 aromatic carbocycles. The summed E-state index contributed by atoms with van der Waals surface area (Å²) < 4.78 is 36.5. The summed E-state index contributed by atoms with van der Waals surface area (Å²) in [7, 11) is 0. The monoisotopic (exact) mass is 365 g/mol. The number of amides is 1. The molecule has 2 N–H and O–H groups in total. The van der Waals surface area contributed by atoms with Crippen molar-refractivity contribution in [2.75, 3.05) is 11.9 Å². The first-order valence-electron chi connectivity index (χ1n) is 5.60. The number of carbonyl (C=O) groups is 1. The minimum Gasteiger partial charge on any atom is -0.668 e. The van der Waals surface area contributed by atoms with Crippen LogP contribution in [0.25, 0.3) is 5.73 Å². The number of nitrogens with zero attached hydrogens (tertiary/aromatic N) is 1. The summed E-state index contributed by atoms with van der Waals surface area (Å²) in [6, 6.07) is 0.826. The minimum atomic E-state index is -4.42. The average molecular weight is 366 g/mol. The molecule has 9 heteroatoms. The van der Waals surface area contributed by atoms with E-state index in [9.17, 15) is 18.0 Å². The predicted molar refractivity (Wildman–Crippen MR) is 72.3 cm³/mol. The Morgan fingerprint density at radius 2 is 2.00 bits per heavy atom. The van der Waals surface area contributed by atoms with Crippen LogP contribution in [0.4, 0.5) is 19.0 Å². The summed E-state index contributed by atoms with van der Waals surface area (Å²) in [5, 5.41) is 2.57. The quantitative estimate of drug-likeness (QED) is 0.644. The summed E-state index contributed by atoms with van der Waals surface area (Å²) in [4.78, 5) is 13.3. The second-order valence-corrected chi connectivity index (χ2v) is 4.41. The fraction of sp³-hybridized carbons (Fsp3) is 0.417. The molecule has 0 radical (unpaired) electrons. The van der Waals surface area contributed by atoms with Gasteiger partial charge in [-0.2, -0.15) is 13.2 Å². The number of carbonyl (C=O) groups excluding carboxylic acids is 1. The van der Waals surface area contributed by atoms with E-state index in [-0.39, 0.29) is 33.8 Å². The maximum absolute atomic E-state index is 12.2. The van der Waals surface area contributed by atoms with Crippen molar-refractivity contribution in [1.29, 1.82) is 0 Å². The molecule has 0 unspecified atom stereocenters. The molecule has 120 valence electrons. The van der Waals surface area contributed by atoms with Gasteiger partial charge >= 0.3 is 23.2 Å². The third-order valence-electron chi connectivity index (χ3n) is 1.99. The Kier molecular flexibility index (Phi) is 10.5. The van der Waals surface area contributed by atoms with Gasteiger partial charge in [-0.05, 0) is 12.0 Å². The normalized spacial score (nSPS) is 10.3. The molecule has 1 heterocycles. The second kappa shape index (κ2) is 9.87. The Bertz CT molecular complexity index is 456. The van der Waals surface area contributed by atoms with Gasteiger partial charge in [0.25, 0.3) is 0 Å². The smallest absolute Gasteiger partial charge is 0.668 e. The van der Waals surface area contributed by atoms with E-state index in [1.807, 2.05) is 0 Å². The molecule has 0 aliphatic heterocycles. The first-order chi connectivity index (χ1) is 9.09. The number of pyridine rings is 1. The number of nitrogens with one attached hydrogen (secondary N) is 2. The molecule has 0 atom stereocenters. The molecular formula is C12H15ClF3FeN3O. The van der Waals surface area contributed by atoms with Crippen molar-refractivity contribution < 1.29 is 35.0 Å². The summed E-state index contributed by atoms with van der Waals surface area (Å²) in [5.74, 6) is -0.408. The van der Waals surface area contributed by atoms with Crippen LogP contribution in [0.1, 0.15) is 19.4 Å². The SMILES string of the molecule is CC(C)C([NH-])=O.[CH2-]CNc1ncc(C(F)(F)F)cc1Cl.[Fe+2]. The van der Waals surface area contributed by atoms with Crippen LogP contribution in [0.2, 0.25) is 5.02 Å². The summed E-state index contributed by atoms with van der Waals surface area (Å²) >= 11 is 5.56. The molecule has 0 aliphatic rings. The van der Waals surface area contributed by atoms with Gasteiger partial charge in [0.2, 0.25) is 0 Å². The van der Waals surface area contributed by atoms with Crippen LogP contribution in [0.3, 0.4) is 0 Å². The van der Waals surface area contributed by atoms with Crippen molar-refractivity contribution in [3.8, 4) is 0 Å². The van der Waals surface area contributed by atoms with E-state index in [0.717, 1.165) is 12.3 Å².